The first-order chi connectivity index (χ1) is 15.1. The largest absolute Gasteiger partial charge is 0.357 e. The Labute approximate surface area is 196 Å². The van der Waals surface area contributed by atoms with E-state index < -0.39 is 33.8 Å². The maximum Gasteiger partial charge on any atom is 0.269 e. The van der Waals surface area contributed by atoms with Gasteiger partial charge in [-0.2, -0.15) is 0 Å². The van der Waals surface area contributed by atoms with Crippen molar-refractivity contribution in [2.45, 2.75) is 30.8 Å². The Kier molecular flexibility index (Phi) is 7.12. The molecule has 3 rings (SSSR count). The van der Waals surface area contributed by atoms with E-state index in [1.54, 1.807) is 25.1 Å². The molecule has 3 amide bonds. The van der Waals surface area contributed by atoms with Crippen molar-refractivity contribution in [3.63, 3.8) is 0 Å². The summed E-state index contributed by atoms with van der Waals surface area (Å²) in [5.41, 5.74) is 0.640. The first-order valence-corrected chi connectivity index (χ1v) is 11.9. The molecular formula is C21H21Cl2N3O5S. The molecule has 2 aromatic rings. The molecule has 1 heterocycles. The predicted octanol–water partition coefficient (Wildman–Crippen LogP) is 2.69. The van der Waals surface area contributed by atoms with E-state index in [1.165, 1.54) is 36.2 Å². The fourth-order valence-corrected chi connectivity index (χ4v) is 5.46. The highest BCUT2D eigenvalue weighted by Gasteiger charge is 2.41. The maximum atomic E-state index is 13.1. The van der Waals surface area contributed by atoms with E-state index in [-0.39, 0.29) is 30.0 Å². The third kappa shape index (κ3) is 4.60. The van der Waals surface area contributed by atoms with E-state index in [1.807, 2.05) is 0 Å². The molecule has 170 valence electrons. The minimum Gasteiger partial charge on any atom is -0.357 e. The molecule has 0 radical (unpaired) electrons. The molecule has 0 saturated carbocycles. The highest BCUT2D eigenvalue weighted by atomic mass is 35.5. The Morgan fingerprint density at radius 3 is 2.47 bits per heavy atom. The second kappa shape index (κ2) is 9.48. The maximum absolute atomic E-state index is 13.1. The molecule has 0 bridgehead atoms. The van der Waals surface area contributed by atoms with Crippen molar-refractivity contribution in [1.29, 1.82) is 0 Å². The molecule has 8 nitrogen and oxygen atoms in total. The molecule has 2 aromatic carbocycles. The Bertz CT molecular complexity index is 1190. The van der Waals surface area contributed by atoms with Crippen LogP contribution in [-0.4, -0.2) is 55.0 Å². The number of fused-ring (bicyclic) bond motifs is 1. The zero-order valence-corrected chi connectivity index (χ0v) is 19.7. The standard InChI is InChI=1S/C21H21Cl2N3O5S/c1-13(20(28)24-2)25(12-14-7-8-15(22)11-17(14)23)19(27)9-10-26-21(29)16-5-3-4-6-18(16)32(26,30)31/h3-8,11,13H,9-10,12H2,1-2H3,(H,24,28)/t13-/m0/s1. The van der Waals surface area contributed by atoms with Gasteiger partial charge in [-0.05, 0) is 36.8 Å². The van der Waals surface area contributed by atoms with Crippen LogP contribution in [0.5, 0.6) is 0 Å². The van der Waals surface area contributed by atoms with Crippen molar-refractivity contribution in [2.24, 2.45) is 0 Å². The van der Waals surface area contributed by atoms with Gasteiger partial charge < -0.3 is 10.2 Å². The van der Waals surface area contributed by atoms with Gasteiger partial charge in [-0.15, -0.1) is 0 Å². The van der Waals surface area contributed by atoms with Gasteiger partial charge in [-0.3, -0.25) is 14.4 Å². The normalized spacial score (nSPS) is 15.2. The first-order valence-electron chi connectivity index (χ1n) is 9.69. The number of sulfonamides is 1. The number of carbonyl (C=O) groups is 3. The summed E-state index contributed by atoms with van der Waals surface area (Å²) in [7, 11) is -2.58. The van der Waals surface area contributed by atoms with Gasteiger partial charge in [0.25, 0.3) is 15.9 Å². The molecule has 0 aliphatic carbocycles. The van der Waals surface area contributed by atoms with Crippen LogP contribution in [0.1, 0.15) is 29.3 Å². The van der Waals surface area contributed by atoms with Gasteiger partial charge >= 0.3 is 0 Å². The highest BCUT2D eigenvalue weighted by Crippen LogP contribution is 2.30. The average Bonchev–Trinajstić information content (AvgIpc) is 2.96. The predicted molar refractivity (Wildman–Crippen MR) is 120 cm³/mol. The monoisotopic (exact) mass is 497 g/mol. The molecule has 1 aliphatic rings. The molecular weight excluding hydrogens is 477 g/mol. The summed E-state index contributed by atoms with van der Waals surface area (Å²) < 4.78 is 26.1. The van der Waals surface area contributed by atoms with E-state index in [4.69, 9.17) is 23.2 Å². The summed E-state index contributed by atoms with van der Waals surface area (Å²) in [6.45, 7) is 1.21. The molecule has 32 heavy (non-hydrogen) atoms. The highest BCUT2D eigenvalue weighted by molar-refractivity contribution is 7.90. The molecule has 1 N–H and O–H groups in total. The van der Waals surface area contributed by atoms with Gasteiger partial charge in [0.05, 0.1) is 5.56 Å². The van der Waals surface area contributed by atoms with Crippen molar-refractivity contribution in [3.8, 4) is 0 Å². The number of hydrogen-bond donors (Lipinski definition) is 1. The number of nitrogens with one attached hydrogen (secondary N) is 1. The molecule has 0 saturated heterocycles. The minimum atomic E-state index is -4.03. The second-order valence-corrected chi connectivity index (χ2v) is 9.85. The lowest BCUT2D eigenvalue weighted by Crippen LogP contribution is -2.47. The Hall–Kier alpha value is -2.62. The van der Waals surface area contributed by atoms with Gasteiger partial charge in [0, 0.05) is 36.6 Å². The summed E-state index contributed by atoms with van der Waals surface area (Å²) in [6, 6.07) is 9.81. The number of halogens is 2. The smallest absolute Gasteiger partial charge is 0.269 e. The number of amides is 3. The van der Waals surface area contributed by atoms with Gasteiger partial charge in [0.15, 0.2) is 0 Å². The molecule has 0 spiro atoms. The molecule has 1 atom stereocenters. The summed E-state index contributed by atoms with van der Waals surface area (Å²) >= 11 is 12.2. The minimum absolute atomic E-state index is 0.00431. The van der Waals surface area contributed by atoms with Crippen molar-refractivity contribution in [2.75, 3.05) is 13.6 Å². The molecule has 0 fully saturated rings. The molecule has 0 unspecified atom stereocenters. The van der Waals surface area contributed by atoms with Crippen LogP contribution in [0.2, 0.25) is 10.0 Å². The van der Waals surface area contributed by atoms with E-state index in [9.17, 15) is 22.8 Å². The summed E-state index contributed by atoms with van der Waals surface area (Å²) in [5.74, 6) is -1.59. The zero-order chi connectivity index (χ0) is 23.6. The van der Waals surface area contributed by atoms with Gasteiger partial charge in [0.2, 0.25) is 11.8 Å². The van der Waals surface area contributed by atoms with Crippen LogP contribution in [0.3, 0.4) is 0 Å². The topological polar surface area (TPSA) is 104 Å². The Morgan fingerprint density at radius 1 is 1.16 bits per heavy atom. The number of hydrogen-bond acceptors (Lipinski definition) is 5. The van der Waals surface area contributed by atoms with Crippen molar-refractivity contribution < 1.29 is 22.8 Å². The Morgan fingerprint density at radius 2 is 1.84 bits per heavy atom. The van der Waals surface area contributed by atoms with Crippen molar-refractivity contribution in [1.82, 2.24) is 14.5 Å². The number of rotatable bonds is 7. The van der Waals surface area contributed by atoms with Crippen LogP contribution in [0, 0.1) is 0 Å². The second-order valence-electron chi connectivity index (χ2n) is 7.18. The lowest BCUT2D eigenvalue weighted by atomic mass is 10.1. The molecule has 11 heteroatoms. The SMILES string of the molecule is CNC(=O)[C@H](C)N(Cc1ccc(Cl)cc1Cl)C(=O)CCN1C(=O)c2ccccc2S1(=O)=O. The van der Waals surface area contributed by atoms with Crippen molar-refractivity contribution in [3.05, 3.63) is 63.6 Å². The zero-order valence-electron chi connectivity index (χ0n) is 17.3. The molecule has 0 aromatic heterocycles. The van der Waals surface area contributed by atoms with E-state index in [2.05, 4.69) is 5.32 Å². The quantitative estimate of drug-likeness (QED) is 0.633. The first kappa shape index (κ1) is 24.0. The Balaban J connectivity index is 1.81. The average molecular weight is 498 g/mol. The lowest BCUT2D eigenvalue weighted by molar-refractivity contribution is -0.140. The van der Waals surface area contributed by atoms with Crippen LogP contribution in [0.15, 0.2) is 47.4 Å². The summed E-state index contributed by atoms with van der Waals surface area (Å²) in [6.07, 6.45) is -0.300. The lowest BCUT2D eigenvalue weighted by Gasteiger charge is -2.29. The fraction of sp³-hybridized carbons (Fsp3) is 0.286. The van der Waals surface area contributed by atoms with Gasteiger partial charge in [-0.1, -0.05) is 41.4 Å². The number of benzene rings is 2. The third-order valence-electron chi connectivity index (χ3n) is 5.21. The van der Waals surface area contributed by atoms with E-state index in [0.29, 0.717) is 19.9 Å². The molecule has 1 aliphatic heterocycles. The number of carbonyl (C=O) groups excluding carboxylic acids is 3. The fourth-order valence-electron chi connectivity index (χ4n) is 3.42. The van der Waals surface area contributed by atoms with Crippen molar-refractivity contribution >= 4 is 50.9 Å². The van der Waals surface area contributed by atoms with Gasteiger partial charge in [-0.25, -0.2) is 12.7 Å². The third-order valence-corrected chi connectivity index (χ3v) is 7.64. The van der Waals surface area contributed by atoms with Crippen LogP contribution in [-0.2, 0) is 26.2 Å². The van der Waals surface area contributed by atoms with Crippen LogP contribution in [0.4, 0.5) is 0 Å². The summed E-state index contributed by atoms with van der Waals surface area (Å²) in [4.78, 5) is 39.1. The van der Waals surface area contributed by atoms with Gasteiger partial charge in [0.1, 0.15) is 10.9 Å². The van der Waals surface area contributed by atoms with Crippen LogP contribution >= 0.6 is 23.2 Å². The van der Waals surface area contributed by atoms with Crippen LogP contribution < -0.4 is 5.32 Å². The summed E-state index contributed by atoms with van der Waals surface area (Å²) in [5, 5.41) is 3.24. The number of nitrogens with zero attached hydrogens (tertiary/aromatic N) is 2. The van der Waals surface area contributed by atoms with E-state index >= 15 is 0 Å². The van der Waals surface area contributed by atoms with E-state index in [0.717, 1.165) is 0 Å². The number of likely N-dealkylation sites (N-methyl/N-ethyl adjacent to an activating group) is 1. The van der Waals surface area contributed by atoms with Crippen LogP contribution in [0.25, 0.3) is 0 Å².